The van der Waals surface area contributed by atoms with Crippen LogP contribution in [0.5, 0.6) is 0 Å². The Morgan fingerprint density at radius 1 is 1.11 bits per heavy atom. The summed E-state index contributed by atoms with van der Waals surface area (Å²) in [6.45, 7) is 4.82. The minimum absolute atomic E-state index is 0.188. The summed E-state index contributed by atoms with van der Waals surface area (Å²) >= 11 is 0. The summed E-state index contributed by atoms with van der Waals surface area (Å²) in [6.07, 6.45) is 4.31. The van der Waals surface area contributed by atoms with E-state index in [1.807, 2.05) is 47.9 Å². The maximum absolute atomic E-state index is 13.9. The summed E-state index contributed by atoms with van der Waals surface area (Å²) in [4.78, 5) is 31.8. The Kier molecular flexibility index (Phi) is 7.84. The van der Waals surface area contributed by atoms with Gasteiger partial charge in [-0.05, 0) is 47.4 Å². The van der Waals surface area contributed by atoms with E-state index in [2.05, 4.69) is 32.5 Å². The Balaban J connectivity index is 1.69. The molecule has 186 valence electrons. The molecule has 2 heterocycles. The first-order valence-electron chi connectivity index (χ1n) is 11.8. The number of unbranched alkanes of at least 4 members (excludes halogenated alkanes) is 1. The van der Waals surface area contributed by atoms with Crippen LogP contribution >= 0.6 is 0 Å². The molecule has 1 amide bonds. The van der Waals surface area contributed by atoms with Crippen LogP contribution in [0, 0.1) is 6.92 Å². The Hall–Kier alpha value is -4.34. The number of methoxy groups -OCH3 is 1. The fraction of sp³-hybridized carbons (Fsp3) is 0.308. The second-order valence-corrected chi connectivity index (χ2v) is 8.47. The molecule has 0 saturated heterocycles. The molecule has 0 aliphatic carbocycles. The standard InChI is InChI=1S/C26H29N7O3/c1-4-5-10-23-27-15-22(32(23)16-19-11-13-20(14-12-19)25(35)36-3)24(34)33(26-28-30-31-29-26)17-21-9-7-6-8-18(21)2/h6-9,11-15H,4-5,10,16-17H2,1-3H3,(H,28,29,30,31). The van der Waals surface area contributed by atoms with Crippen LogP contribution in [0.1, 0.15) is 63.1 Å². The number of benzene rings is 2. The number of rotatable bonds is 10. The topological polar surface area (TPSA) is 119 Å². The molecule has 0 unspecified atom stereocenters. The van der Waals surface area contributed by atoms with Crippen LogP contribution in [0.15, 0.2) is 54.7 Å². The number of anilines is 1. The molecule has 0 saturated carbocycles. The number of ether oxygens (including phenoxy) is 1. The lowest BCUT2D eigenvalue weighted by molar-refractivity contribution is 0.0600. The third-order valence-electron chi connectivity index (χ3n) is 6.04. The molecule has 1 N–H and O–H groups in total. The summed E-state index contributed by atoms with van der Waals surface area (Å²) in [5, 5.41) is 14.3. The van der Waals surface area contributed by atoms with Crippen molar-refractivity contribution in [2.24, 2.45) is 0 Å². The highest BCUT2D eigenvalue weighted by atomic mass is 16.5. The molecule has 10 nitrogen and oxygen atoms in total. The van der Waals surface area contributed by atoms with E-state index < -0.39 is 5.97 Å². The van der Waals surface area contributed by atoms with Gasteiger partial charge in [0.15, 0.2) is 0 Å². The normalized spacial score (nSPS) is 10.9. The predicted molar refractivity (Wildman–Crippen MR) is 134 cm³/mol. The number of imidazole rings is 1. The molecule has 36 heavy (non-hydrogen) atoms. The third kappa shape index (κ3) is 5.48. The van der Waals surface area contributed by atoms with E-state index in [4.69, 9.17) is 4.74 Å². The zero-order chi connectivity index (χ0) is 25.5. The Labute approximate surface area is 209 Å². The van der Waals surface area contributed by atoms with Crippen molar-refractivity contribution >= 4 is 17.8 Å². The summed E-state index contributed by atoms with van der Waals surface area (Å²) in [5.41, 5.74) is 3.86. The summed E-state index contributed by atoms with van der Waals surface area (Å²) < 4.78 is 6.72. The Bertz CT molecular complexity index is 1310. The second kappa shape index (κ2) is 11.4. The van der Waals surface area contributed by atoms with Gasteiger partial charge in [-0.1, -0.05) is 54.8 Å². The van der Waals surface area contributed by atoms with Crippen LogP contribution in [0.25, 0.3) is 0 Å². The quantitative estimate of drug-likeness (QED) is 0.339. The van der Waals surface area contributed by atoms with E-state index in [1.165, 1.54) is 12.0 Å². The van der Waals surface area contributed by atoms with E-state index in [9.17, 15) is 9.59 Å². The first kappa shape index (κ1) is 24.8. The second-order valence-electron chi connectivity index (χ2n) is 8.47. The van der Waals surface area contributed by atoms with E-state index in [0.29, 0.717) is 17.8 Å². The number of aromatic nitrogens is 6. The van der Waals surface area contributed by atoms with E-state index >= 15 is 0 Å². The lowest BCUT2D eigenvalue weighted by Crippen LogP contribution is -2.33. The molecule has 0 atom stereocenters. The number of carbonyl (C=O) groups excluding carboxylic acids is 2. The van der Waals surface area contributed by atoms with Crippen LogP contribution < -0.4 is 4.90 Å². The van der Waals surface area contributed by atoms with Gasteiger partial charge in [-0.2, -0.15) is 5.21 Å². The number of tetrazole rings is 1. The van der Waals surface area contributed by atoms with Crippen molar-refractivity contribution in [1.82, 2.24) is 30.2 Å². The van der Waals surface area contributed by atoms with Gasteiger partial charge in [0.25, 0.3) is 11.9 Å². The molecule has 0 fully saturated rings. The van der Waals surface area contributed by atoms with Gasteiger partial charge in [0.2, 0.25) is 0 Å². The molecule has 4 aromatic rings. The monoisotopic (exact) mass is 487 g/mol. The van der Waals surface area contributed by atoms with Crippen LogP contribution in [-0.2, 0) is 24.2 Å². The average Bonchev–Trinajstić information content (AvgIpc) is 3.57. The number of amides is 1. The first-order valence-corrected chi connectivity index (χ1v) is 11.8. The lowest BCUT2D eigenvalue weighted by atomic mass is 10.1. The van der Waals surface area contributed by atoms with Crippen LogP contribution in [-0.4, -0.2) is 49.2 Å². The molecular formula is C26H29N7O3. The highest BCUT2D eigenvalue weighted by Gasteiger charge is 2.26. The fourth-order valence-electron chi connectivity index (χ4n) is 3.94. The number of carbonyl (C=O) groups is 2. The SMILES string of the molecule is CCCCc1ncc(C(=O)N(Cc2ccccc2C)c2nn[nH]n2)n1Cc1ccc(C(=O)OC)cc1. The smallest absolute Gasteiger partial charge is 0.337 e. The van der Waals surface area contributed by atoms with Crippen molar-refractivity contribution in [2.45, 2.75) is 46.2 Å². The van der Waals surface area contributed by atoms with Crippen molar-refractivity contribution in [2.75, 3.05) is 12.0 Å². The van der Waals surface area contributed by atoms with Gasteiger partial charge in [0, 0.05) is 13.0 Å². The number of nitrogens with zero attached hydrogens (tertiary/aromatic N) is 6. The maximum atomic E-state index is 13.9. The third-order valence-corrected chi connectivity index (χ3v) is 6.04. The maximum Gasteiger partial charge on any atom is 0.337 e. The van der Waals surface area contributed by atoms with Gasteiger partial charge in [0.05, 0.1) is 25.4 Å². The van der Waals surface area contributed by atoms with Gasteiger partial charge < -0.3 is 9.30 Å². The van der Waals surface area contributed by atoms with Crippen molar-refractivity contribution in [3.63, 3.8) is 0 Å². The van der Waals surface area contributed by atoms with E-state index in [-0.39, 0.29) is 18.4 Å². The molecule has 2 aromatic heterocycles. The van der Waals surface area contributed by atoms with Gasteiger partial charge in [-0.3, -0.25) is 9.69 Å². The number of H-pyrrole nitrogens is 1. The number of aryl methyl sites for hydroxylation is 2. The Morgan fingerprint density at radius 2 is 1.89 bits per heavy atom. The fourth-order valence-corrected chi connectivity index (χ4v) is 3.94. The molecule has 10 heteroatoms. The van der Waals surface area contributed by atoms with Gasteiger partial charge >= 0.3 is 5.97 Å². The van der Waals surface area contributed by atoms with Crippen molar-refractivity contribution in [1.29, 1.82) is 0 Å². The zero-order valence-corrected chi connectivity index (χ0v) is 20.6. The van der Waals surface area contributed by atoms with E-state index in [1.54, 1.807) is 18.3 Å². The number of esters is 1. The van der Waals surface area contributed by atoms with Crippen LogP contribution in [0.4, 0.5) is 5.95 Å². The van der Waals surface area contributed by atoms with Gasteiger partial charge in [0.1, 0.15) is 11.5 Å². The molecule has 2 aromatic carbocycles. The summed E-state index contributed by atoms with van der Waals surface area (Å²) in [5.74, 6) is 0.339. The van der Waals surface area contributed by atoms with Gasteiger partial charge in [-0.15, -0.1) is 5.10 Å². The lowest BCUT2D eigenvalue weighted by Gasteiger charge is -2.21. The van der Waals surface area contributed by atoms with Crippen molar-refractivity contribution < 1.29 is 14.3 Å². The largest absolute Gasteiger partial charge is 0.465 e. The number of nitrogens with one attached hydrogen (secondary N) is 1. The molecular weight excluding hydrogens is 458 g/mol. The molecule has 0 bridgehead atoms. The van der Waals surface area contributed by atoms with Gasteiger partial charge in [-0.25, -0.2) is 9.78 Å². The minimum Gasteiger partial charge on any atom is -0.465 e. The predicted octanol–water partition coefficient (Wildman–Crippen LogP) is 3.73. The van der Waals surface area contributed by atoms with Crippen LogP contribution in [0.2, 0.25) is 0 Å². The average molecular weight is 488 g/mol. The van der Waals surface area contributed by atoms with Crippen molar-refractivity contribution in [3.05, 3.63) is 88.5 Å². The number of hydrogen-bond donors (Lipinski definition) is 1. The molecule has 0 spiro atoms. The highest BCUT2D eigenvalue weighted by molar-refractivity contribution is 6.03. The summed E-state index contributed by atoms with van der Waals surface area (Å²) in [6, 6.07) is 15.0. The minimum atomic E-state index is -0.393. The van der Waals surface area contributed by atoms with Crippen LogP contribution in [0.3, 0.4) is 0 Å². The molecule has 0 aliphatic rings. The summed E-state index contributed by atoms with van der Waals surface area (Å²) in [7, 11) is 1.35. The van der Waals surface area contributed by atoms with E-state index in [0.717, 1.165) is 41.8 Å². The Morgan fingerprint density at radius 3 is 2.56 bits per heavy atom. The van der Waals surface area contributed by atoms with Crippen molar-refractivity contribution in [3.8, 4) is 0 Å². The number of aromatic amines is 1. The zero-order valence-electron chi connectivity index (χ0n) is 20.6. The molecule has 0 radical (unpaired) electrons. The number of hydrogen-bond acceptors (Lipinski definition) is 7. The highest BCUT2D eigenvalue weighted by Crippen LogP contribution is 2.20. The first-order chi connectivity index (χ1) is 17.5. The molecule has 0 aliphatic heterocycles. The molecule has 4 rings (SSSR count).